The minimum Gasteiger partial charge on any atom is -0.342 e. The number of fused-ring (bicyclic) bond motifs is 3. The molecule has 152 valence electrons. The molecule has 5 atom stereocenters. The summed E-state index contributed by atoms with van der Waals surface area (Å²) >= 11 is 0. The van der Waals surface area contributed by atoms with Gasteiger partial charge >= 0.3 is 0 Å². The minimum absolute atomic E-state index is 0.0397. The summed E-state index contributed by atoms with van der Waals surface area (Å²) in [4.78, 5) is 24.4. The number of ketones is 1. The fourth-order valence-corrected chi connectivity index (χ4v) is 3.82. The Kier molecular flexibility index (Phi) is 4.59. The Bertz CT molecular complexity index is 788. The van der Waals surface area contributed by atoms with Gasteiger partial charge in [0.05, 0.1) is 0 Å². The molecule has 0 saturated carbocycles. The van der Waals surface area contributed by atoms with Gasteiger partial charge in [-0.3, -0.25) is 9.59 Å². The van der Waals surface area contributed by atoms with E-state index in [-0.39, 0.29) is 11.7 Å². The Morgan fingerprint density at radius 1 is 0.857 bits per heavy atom. The number of hydrogen-bond acceptors (Lipinski definition) is 7. The highest BCUT2D eigenvalue weighted by Gasteiger charge is 2.62. The lowest BCUT2D eigenvalue weighted by atomic mass is 9.98. The smallest absolute Gasteiger partial charge is 0.256 e. The molecule has 0 bridgehead atoms. The van der Waals surface area contributed by atoms with E-state index in [2.05, 4.69) is 5.32 Å². The zero-order valence-corrected chi connectivity index (χ0v) is 16.6. The molecule has 3 aliphatic heterocycles. The monoisotopic (exact) mass is 391 g/mol. The van der Waals surface area contributed by atoms with Crippen LogP contribution in [0.15, 0.2) is 24.3 Å². The molecule has 4 rings (SSSR count). The van der Waals surface area contributed by atoms with Crippen LogP contribution >= 0.6 is 0 Å². The van der Waals surface area contributed by atoms with Crippen LogP contribution in [0.5, 0.6) is 0 Å². The van der Waals surface area contributed by atoms with E-state index < -0.39 is 42.3 Å². The van der Waals surface area contributed by atoms with Crippen LogP contribution in [0.1, 0.15) is 45.0 Å². The molecule has 8 heteroatoms. The molecule has 1 aromatic carbocycles. The maximum Gasteiger partial charge on any atom is 0.256 e. The van der Waals surface area contributed by atoms with Crippen molar-refractivity contribution in [3.8, 4) is 0 Å². The Morgan fingerprint density at radius 2 is 1.43 bits per heavy atom. The molecule has 0 aliphatic carbocycles. The molecule has 0 aromatic heterocycles. The lowest BCUT2D eigenvalue weighted by molar-refractivity contribution is -0.229. The summed E-state index contributed by atoms with van der Waals surface area (Å²) in [6.45, 7) is 8.64. The number of Topliss-reactive ketones (excluding diaryl/α,β-unsaturated/α-hetero) is 1. The third-order valence-electron chi connectivity index (χ3n) is 4.97. The fourth-order valence-electron chi connectivity index (χ4n) is 3.82. The van der Waals surface area contributed by atoms with Gasteiger partial charge in [0.15, 0.2) is 29.8 Å². The molecule has 1 aromatic rings. The lowest BCUT2D eigenvalue weighted by Gasteiger charge is -2.36. The van der Waals surface area contributed by atoms with Gasteiger partial charge in [-0.15, -0.1) is 0 Å². The molecular formula is C20H25NO7. The molecule has 3 aliphatic rings. The van der Waals surface area contributed by atoms with E-state index in [0.717, 1.165) is 0 Å². The Morgan fingerprint density at radius 3 is 2.07 bits per heavy atom. The van der Waals surface area contributed by atoms with Crippen LogP contribution in [0.3, 0.4) is 0 Å². The van der Waals surface area contributed by atoms with Crippen molar-refractivity contribution in [1.82, 2.24) is 0 Å². The largest absolute Gasteiger partial charge is 0.342 e. The first kappa shape index (κ1) is 19.5. The number of ether oxygens (including phenoxy) is 5. The highest BCUT2D eigenvalue weighted by atomic mass is 16.9. The topological polar surface area (TPSA) is 92.3 Å². The van der Waals surface area contributed by atoms with Crippen molar-refractivity contribution in [2.24, 2.45) is 0 Å². The van der Waals surface area contributed by atoms with Gasteiger partial charge in [0.25, 0.3) is 5.91 Å². The molecule has 3 saturated heterocycles. The first-order valence-corrected chi connectivity index (χ1v) is 9.33. The summed E-state index contributed by atoms with van der Waals surface area (Å²) in [5.74, 6) is -2.13. The van der Waals surface area contributed by atoms with Crippen LogP contribution in [0.2, 0.25) is 0 Å². The number of carbonyl (C=O) groups excluding carboxylic acids is 2. The predicted molar refractivity (Wildman–Crippen MR) is 97.6 cm³/mol. The van der Waals surface area contributed by atoms with Crippen LogP contribution in [0.25, 0.3) is 0 Å². The standard InChI is InChI=1S/C20H25NO7/c1-10(22)11-6-8-12(9-7-11)21-17(23)15-13-14(26-19(2,3)25-13)16-18(24-15)28-20(4,5)27-16/h6-9,13-16,18H,1-5H3,(H,21,23)/t13-,14-,15+,16+,18+/m0/s1. The molecule has 1 N–H and O–H groups in total. The second kappa shape index (κ2) is 6.60. The maximum absolute atomic E-state index is 13.0. The number of carbonyl (C=O) groups is 2. The van der Waals surface area contributed by atoms with Crippen LogP contribution in [-0.4, -0.2) is 54.0 Å². The molecule has 28 heavy (non-hydrogen) atoms. The van der Waals surface area contributed by atoms with Gasteiger partial charge in [-0.1, -0.05) is 0 Å². The van der Waals surface area contributed by atoms with E-state index in [1.165, 1.54) is 6.92 Å². The highest BCUT2D eigenvalue weighted by molar-refractivity contribution is 5.97. The SMILES string of the molecule is CC(=O)c1ccc(NC(=O)[C@@H]2O[C@@H]3OC(C)(C)O[C@@H]3[C@H]3OC(C)(C)O[C@@H]32)cc1. The average molecular weight is 391 g/mol. The van der Waals surface area contributed by atoms with E-state index in [4.69, 9.17) is 23.7 Å². The first-order chi connectivity index (χ1) is 13.0. The normalized spacial score (nSPS) is 35.1. The number of nitrogens with one attached hydrogen (secondary N) is 1. The lowest BCUT2D eigenvalue weighted by Crippen LogP contribution is -2.58. The fraction of sp³-hybridized carbons (Fsp3) is 0.600. The minimum atomic E-state index is -0.932. The number of rotatable bonds is 3. The quantitative estimate of drug-likeness (QED) is 0.790. The summed E-state index contributed by atoms with van der Waals surface area (Å²) < 4.78 is 29.6. The van der Waals surface area contributed by atoms with Gasteiger partial charge in [-0.05, 0) is 58.9 Å². The van der Waals surface area contributed by atoms with Crippen molar-refractivity contribution in [3.05, 3.63) is 29.8 Å². The summed E-state index contributed by atoms with van der Waals surface area (Å²) in [5.41, 5.74) is 1.13. The van der Waals surface area contributed by atoms with E-state index >= 15 is 0 Å². The summed E-state index contributed by atoms with van der Waals surface area (Å²) in [6, 6.07) is 6.67. The number of anilines is 1. The Labute approximate surface area is 163 Å². The van der Waals surface area contributed by atoms with Gasteiger partial charge in [0, 0.05) is 11.3 Å². The molecule has 0 radical (unpaired) electrons. The predicted octanol–water partition coefficient (Wildman–Crippen LogP) is 2.22. The maximum atomic E-state index is 13.0. The van der Waals surface area contributed by atoms with Crippen LogP contribution in [0.4, 0.5) is 5.69 Å². The van der Waals surface area contributed by atoms with Crippen LogP contribution in [-0.2, 0) is 28.5 Å². The Balaban J connectivity index is 1.54. The summed E-state index contributed by atoms with van der Waals surface area (Å²) in [7, 11) is 0. The van der Waals surface area contributed by atoms with Crippen molar-refractivity contribution >= 4 is 17.4 Å². The van der Waals surface area contributed by atoms with Crippen molar-refractivity contribution in [1.29, 1.82) is 0 Å². The van der Waals surface area contributed by atoms with Crippen LogP contribution < -0.4 is 5.32 Å². The zero-order valence-electron chi connectivity index (χ0n) is 16.6. The molecule has 1 amide bonds. The third kappa shape index (κ3) is 3.58. The van der Waals surface area contributed by atoms with E-state index in [9.17, 15) is 9.59 Å². The van der Waals surface area contributed by atoms with Gasteiger partial charge in [-0.25, -0.2) is 0 Å². The van der Waals surface area contributed by atoms with E-state index in [0.29, 0.717) is 11.3 Å². The van der Waals surface area contributed by atoms with Gasteiger partial charge < -0.3 is 29.0 Å². The zero-order chi connectivity index (χ0) is 20.3. The van der Waals surface area contributed by atoms with Gasteiger partial charge in [-0.2, -0.15) is 0 Å². The van der Waals surface area contributed by atoms with Crippen molar-refractivity contribution in [3.63, 3.8) is 0 Å². The summed E-state index contributed by atoms with van der Waals surface area (Å²) in [6.07, 6.45) is -3.28. The molecular weight excluding hydrogens is 366 g/mol. The van der Waals surface area contributed by atoms with Crippen LogP contribution in [0, 0.1) is 0 Å². The molecule has 8 nitrogen and oxygen atoms in total. The Hall–Kier alpha value is -1.84. The molecule has 0 unspecified atom stereocenters. The van der Waals surface area contributed by atoms with Gasteiger partial charge in [0.2, 0.25) is 0 Å². The third-order valence-corrected chi connectivity index (χ3v) is 4.97. The highest BCUT2D eigenvalue weighted by Crippen LogP contribution is 2.44. The van der Waals surface area contributed by atoms with Gasteiger partial charge in [0.1, 0.15) is 18.3 Å². The average Bonchev–Trinajstić information content (AvgIpc) is 3.08. The molecule has 3 heterocycles. The molecule has 0 spiro atoms. The van der Waals surface area contributed by atoms with E-state index in [1.807, 2.05) is 0 Å². The number of hydrogen-bond donors (Lipinski definition) is 1. The van der Waals surface area contributed by atoms with Crippen molar-refractivity contribution in [2.45, 2.75) is 76.9 Å². The van der Waals surface area contributed by atoms with Crippen molar-refractivity contribution < 1.29 is 33.3 Å². The number of benzene rings is 1. The second-order valence-electron chi connectivity index (χ2n) is 8.21. The molecule has 3 fully saturated rings. The summed E-state index contributed by atoms with van der Waals surface area (Å²) in [5, 5.41) is 2.81. The first-order valence-electron chi connectivity index (χ1n) is 9.33. The second-order valence-corrected chi connectivity index (χ2v) is 8.21. The number of amides is 1. The van der Waals surface area contributed by atoms with E-state index in [1.54, 1.807) is 52.0 Å². The van der Waals surface area contributed by atoms with Crippen molar-refractivity contribution in [2.75, 3.05) is 5.32 Å².